The summed E-state index contributed by atoms with van der Waals surface area (Å²) in [4.78, 5) is 0. The third kappa shape index (κ3) is 3.59. The first-order valence-corrected chi connectivity index (χ1v) is 7.33. The van der Waals surface area contributed by atoms with E-state index in [1.807, 2.05) is 44.2 Å². The highest BCUT2D eigenvalue weighted by Crippen LogP contribution is 2.28. The summed E-state index contributed by atoms with van der Waals surface area (Å²) in [5, 5.41) is 11.1. The highest BCUT2D eigenvalue weighted by molar-refractivity contribution is 9.10. The molecule has 0 bridgehead atoms. The Kier molecular flexibility index (Phi) is 4.67. The van der Waals surface area contributed by atoms with Gasteiger partial charge in [-0.25, -0.2) is 0 Å². The van der Waals surface area contributed by atoms with Crippen molar-refractivity contribution < 1.29 is 5.11 Å². The summed E-state index contributed by atoms with van der Waals surface area (Å²) in [6.07, 6.45) is -0.00488. The largest absolute Gasteiger partial charge is 0.388 e. The van der Waals surface area contributed by atoms with E-state index in [1.165, 1.54) is 0 Å². The summed E-state index contributed by atoms with van der Waals surface area (Å²) in [6.45, 7) is 4.05. The molecule has 0 heterocycles. The molecule has 1 unspecified atom stereocenters. The van der Waals surface area contributed by atoms with Crippen molar-refractivity contribution in [2.24, 2.45) is 0 Å². The van der Waals surface area contributed by atoms with Gasteiger partial charge in [0.05, 0.1) is 6.10 Å². The fourth-order valence-corrected chi connectivity index (χ4v) is 2.87. The van der Waals surface area contributed by atoms with Gasteiger partial charge in [-0.15, -0.1) is 0 Å². The standard InChI is InChI=1S/C16H16BrClO/c1-10-3-4-11(2)14(7-10)16(19)8-12-5-6-13(17)9-15(12)18/h3-7,9,16,19H,8H2,1-2H3. The molecule has 1 N–H and O–H groups in total. The molecule has 0 saturated heterocycles. The predicted molar refractivity (Wildman–Crippen MR) is 83.7 cm³/mol. The molecular formula is C16H16BrClO. The molecule has 0 aliphatic carbocycles. The van der Waals surface area contributed by atoms with E-state index in [4.69, 9.17) is 11.6 Å². The Bertz CT molecular complexity index is 595. The molecule has 0 aliphatic heterocycles. The van der Waals surface area contributed by atoms with E-state index >= 15 is 0 Å². The average Bonchev–Trinajstić information content (AvgIpc) is 2.35. The monoisotopic (exact) mass is 338 g/mol. The topological polar surface area (TPSA) is 20.2 Å². The van der Waals surface area contributed by atoms with Crippen molar-refractivity contribution in [3.63, 3.8) is 0 Å². The summed E-state index contributed by atoms with van der Waals surface area (Å²) in [7, 11) is 0. The van der Waals surface area contributed by atoms with Gasteiger partial charge in [0.25, 0.3) is 0 Å². The van der Waals surface area contributed by atoms with Gasteiger partial charge < -0.3 is 5.11 Å². The zero-order valence-electron chi connectivity index (χ0n) is 11.0. The Labute approximate surface area is 127 Å². The third-order valence-electron chi connectivity index (χ3n) is 3.22. The summed E-state index contributed by atoms with van der Waals surface area (Å²) in [6, 6.07) is 11.9. The van der Waals surface area contributed by atoms with Gasteiger partial charge in [0.15, 0.2) is 0 Å². The lowest BCUT2D eigenvalue weighted by atomic mass is 9.96. The Balaban J connectivity index is 2.25. The van der Waals surface area contributed by atoms with Crippen LogP contribution in [-0.2, 0) is 6.42 Å². The molecule has 0 radical (unpaired) electrons. The zero-order valence-corrected chi connectivity index (χ0v) is 13.3. The van der Waals surface area contributed by atoms with Crippen LogP contribution in [0.25, 0.3) is 0 Å². The molecule has 19 heavy (non-hydrogen) atoms. The minimum Gasteiger partial charge on any atom is -0.388 e. The van der Waals surface area contributed by atoms with E-state index in [9.17, 15) is 5.11 Å². The van der Waals surface area contributed by atoms with Crippen LogP contribution < -0.4 is 0 Å². The van der Waals surface area contributed by atoms with Crippen LogP contribution in [-0.4, -0.2) is 5.11 Å². The van der Waals surface area contributed by atoms with Gasteiger partial charge in [0, 0.05) is 15.9 Å². The van der Waals surface area contributed by atoms with Crippen molar-refractivity contribution in [2.45, 2.75) is 26.4 Å². The van der Waals surface area contributed by atoms with Crippen molar-refractivity contribution >= 4 is 27.5 Å². The zero-order chi connectivity index (χ0) is 14.0. The van der Waals surface area contributed by atoms with Gasteiger partial charge in [-0.1, -0.05) is 57.4 Å². The summed E-state index contributed by atoms with van der Waals surface area (Å²) < 4.78 is 0.947. The highest BCUT2D eigenvalue weighted by Gasteiger charge is 2.13. The maximum Gasteiger partial charge on any atom is 0.0833 e. The van der Waals surface area contributed by atoms with Crippen LogP contribution in [0.2, 0.25) is 5.02 Å². The predicted octanol–water partition coefficient (Wildman–Crippen LogP) is 5.00. The number of hydrogen-bond acceptors (Lipinski definition) is 1. The SMILES string of the molecule is Cc1ccc(C)c(C(O)Cc2ccc(Br)cc2Cl)c1. The number of benzene rings is 2. The quantitative estimate of drug-likeness (QED) is 0.834. The first-order valence-electron chi connectivity index (χ1n) is 6.16. The van der Waals surface area contributed by atoms with Crippen LogP contribution in [0.5, 0.6) is 0 Å². The first kappa shape index (κ1) is 14.6. The van der Waals surface area contributed by atoms with Crippen LogP contribution in [0, 0.1) is 13.8 Å². The molecule has 0 aliphatic rings. The number of hydrogen-bond donors (Lipinski definition) is 1. The molecule has 0 amide bonds. The minimum absolute atomic E-state index is 0.524. The lowest BCUT2D eigenvalue weighted by Gasteiger charge is -2.15. The van der Waals surface area contributed by atoms with Gasteiger partial charge in [0.2, 0.25) is 0 Å². The van der Waals surface area contributed by atoms with E-state index in [1.54, 1.807) is 0 Å². The van der Waals surface area contributed by atoms with Crippen molar-refractivity contribution in [1.29, 1.82) is 0 Å². The van der Waals surface area contributed by atoms with Crippen LogP contribution in [0.15, 0.2) is 40.9 Å². The number of rotatable bonds is 3. The molecule has 0 aromatic heterocycles. The molecule has 100 valence electrons. The number of aryl methyl sites for hydroxylation is 2. The van der Waals surface area contributed by atoms with E-state index in [0.29, 0.717) is 11.4 Å². The van der Waals surface area contributed by atoms with Crippen LogP contribution in [0.4, 0.5) is 0 Å². The Morgan fingerprint density at radius 2 is 1.89 bits per heavy atom. The fraction of sp³-hybridized carbons (Fsp3) is 0.250. The second kappa shape index (κ2) is 6.08. The smallest absolute Gasteiger partial charge is 0.0833 e. The number of aliphatic hydroxyl groups excluding tert-OH is 1. The maximum atomic E-state index is 10.4. The first-order chi connectivity index (χ1) is 8.97. The Hall–Kier alpha value is -0.830. The van der Waals surface area contributed by atoms with E-state index in [-0.39, 0.29) is 0 Å². The minimum atomic E-state index is -0.529. The Morgan fingerprint density at radius 1 is 1.16 bits per heavy atom. The fourth-order valence-electron chi connectivity index (χ4n) is 2.12. The second-order valence-electron chi connectivity index (χ2n) is 4.82. The van der Waals surface area contributed by atoms with E-state index < -0.39 is 6.10 Å². The van der Waals surface area contributed by atoms with Crippen LogP contribution in [0.1, 0.15) is 28.4 Å². The molecule has 0 fully saturated rings. The molecule has 2 aromatic rings. The second-order valence-corrected chi connectivity index (χ2v) is 6.14. The van der Waals surface area contributed by atoms with Gasteiger partial charge in [-0.05, 0) is 42.7 Å². The van der Waals surface area contributed by atoms with E-state index in [0.717, 1.165) is 26.7 Å². The summed E-state index contributed by atoms with van der Waals surface area (Å²) in [5.74, 6) is 0. The Morgan fingerprint density at radius 3 is 2.58 bits per heavy atom. The van der Waals surface area contributed by atoms with Gasteiger partial charge >= 0.3 is 0 Å². The number of halogens is 2. The summed E-state index contributed by atoms with van der Waals surface area (Å²) in [5.41, 5.74) is 4.19. The molecule has 0 saturated carbocycles. The van der Waals surface area contributed by atoms with Crippen molar-refractivity contribution in [2.75, 3.05) is 0 Å². The molecule has 2 rings (SSSR count). The highest BCUT2D eigenvalue weighted by atomic mass is 79.9. The third-order valence-corrected chi connectivity index (χ3v) is 4.07. The maximum absolute atomic E-state index is 10.4. The van der Waals surface area contributed by atoms with Crippen molar-refractivity contribution in [3.05, 3.63) is 68.1 Å². The van der Waals surface area contributed by atoms with E-state index in [2.05, 4.69) is 22.0 Å². The molecule has 1 atom stereocenters. The summed E-state index contributed by atoms with van der Waals surface area (Å²) >= 11 is 9.57. The normalized spacial score (nSPS) is 12.5. The van der Waals surface area contributed by atoms with Crippen molar-refractivity contribution in [3.8, 4) is 0 Å². The molecule has 3 heteroatoms. The van der Waals surface area contributed by atoms with Gasteiger partial charge in [0.1, 0.15) is 0 Å². The van der Waals surface area contributed by atoms with Gasteiger partial charge in [-0.3, -0.25) is 0 Å². The van der Waals surface area contributed by atoms with Crippen LogP contribution in [0.3, 0.4) is 0 Å². The number of aliphatic hydroxyl groups is 1. The lowest BCUT2D eigenvalue weighted by Crippen LogP contribution is -2.04. The average molecular weight is 340 g/mol. The molecular weight excluding hydrogens is 324 g/mol. The van der Waals surface area contributed by atoms with Crippen LogP contribution >= 0.6 is 27.5 Å². The molecule has 2 aromatic carbocycles. The lowest BCUT2D eigenvalue weighted by molar-refractivity contribution is 0.177. The van der Waals surface area contributed by atoms with Gasteiger partial charge in [-0.2, -0.15) is 0 Å². The molecule has 0 spiro atoms. The van der Waals surface area contributed by atoms with Crippen molar-refractivity contribution in [1.82, 2.24) is 0 Å². The molecule has 1 nitrogen and oxygen atoms in total.